The number of nitrogens with two attached hydrogens (primary N) is 1. The molecule has 2 rings (SSSR count). The molecule has 1 aromatic rings. The third-order valence-electron chi connectivity index (χ3n) is 3.76. The molecule has 0 spiro atoms. The molecular weight excluding hydrogens is 240 g/mol. The van der Waals surface area contributed by atoms with Gasteiger partial charge < -0.3 is 10.5 Å². The van der Waals surface area contributed by atoms with E-state index in [4.69, 9.17) is 10.5 Å². The predicted molar refractivity (Wildman–Crippen MR) is 74.8 cm³/mol. The molecule has 1 aliphatic heterocycles. The molecule has 0 bridgehead atoms. The lowest BCUT2D eigenvalue weighted by Crippen LogP contribution is -2.44. The second-order valence-corrected chi connectivity index (χ2v) is 5.52. The van der Waals surface area contributed by atoms with E-state index in [1.54, 1.807) is 0 Å². The average molecular weight is 262 g/mol. The van der Waals surface area contributed by atoms with Crippen LogP contribution in [0.4, 0.5) is 4.79 Å². The van der Waals surface area contributed by atoms with E-state index in [9.17, 15) is 4.79 Å². The first-order valence-electron chi connectivity index (χ1n) is 6.75. The fourth-order valence-electron chi connectivity index (χ4n) is 2.41. The van der Waals surface area contributed by atoms with Gasteiger partial charge in [-0.3, -0.25) is 4.90 Å². The Balaban J connectivity index is 2.11. The monoisotopic (exact) mass is 262 g/mol. The van der Waals surface area contributed by atoms with Crippen molar-refractivity contribution in [3.63, 3.8) is 0 Å². The van der Waals surface area contributed by atoms with Crippen molar-refractivity contribution in [3.05, 3.63) is 35.4 Å². The molecule has 1 fully saturated rings. The van der Waals surface area contributed by atoms with Gasteiger partial charge in [-0.15, -0.1) is 0 Å². The van der Waals surface area contributed by atoms with Crippen molar-refractivity contribution < 1.29 is 9.53 Å². The highest BCUT2D eigenvalue weighted by atomic mass is 16.6. The third-order valence-corrected chi connectivity index (χ3v) is 3.76. The molecule has 1 aliphatic rings. The van der Waals surface area contributed by atoms with Gasteiger partial charge in [0.1, 0.15) is 6.61 Å². The van der Waals surface area contributed by atoms with Crippen LogP contribution >= 0.6 is 0 Å². The van der Waals surface area contributed by atoms with Crippen molar-refractivity contribution in [2.24, 2.45) is 5.73 Å². The van der Waals surface area contributed by atoms with Crippen molar-refractivity contribution in [1.82, 2.24) is 4.90 Å². The van der Waals surface area contributed by atoms with E-state index in [-0.39, 0.29) is 11.6 Å². The van der Waals surface area contributed by atoms with Gasteiger partial charge >= 0.3 is 6.09 Å². The lowest BCUT2D eigenvalue weighted by molar-refractivity contribution is 0.147. The Morgan fingerprint density at radius 3 is 2.68 bits per heavy atom. The molecule has 0 aliphatic carbocycles. The Morgan fingerprint density at radius 1 is 1.37 bits per heavy atom. The van der Waals surface area contributed by atoms with Crippen molar-refractivity contribution >= 4 is 6.09 Å². The summed E-state index contributed by atoms with van der Waals surface area (Å²) in [6.07, 6.45) is 1.55. The van der Waals surface area contributed by atoms with Gasteiger partial charge in [-0.25, -0.2) is 4.79 Å². The van der Waals surface area contributed by atoms with Crippen LogP contribution in [0, 0.1) is 6.92 Å². The Labute approximate surface area is 114 Å². The number of rotatable bonds is 5. The zero-order valence-electron chi connectivity index (χ0n) is 11.7. The van der Waals surface area contributed by atoms with E-state index in [2.05, 4.69) is 38.1 Å². The molecule has 104 valence electrons. The average Bonchev–Trinajstić information content (AvgIpc) is 2.68. The molecule has 4 heteroatoms. The summed E-state index contributed by atoms with van der Waals surface area (Å²) in [6, 6.07) is 8.25. The molecule has 2 N–H and O–H groups in total. The van der Waals surface area contributed by atoms with Gasteiger partial charge in [0.25, 0.3) is 0 Å². The van der Waals surface area contributed by atoms with Crippen molar-refractivity contribution in [3.8, 4) is 0 Å². The first kappa shape index (κ1) is 13.9. The Kier molecular flexibility index (Phi) is 4.10. The molecule has 1 unspecified atom stereocenters. The number of carbonyl (C=O) groups is 1. The number of hydrogen-bond acceptors (Lipinski definition) is 3. The van der Waals surface area contributed by atoms with E-state index >= 15 is 0 Å². The summed E-state index contributed by atoms with van der Waals surface area (Å²) in [7, 11) is 0. The maximum atomic E-state index is 11.9. The van der Waals surface area contributed by atoms with Crippen molar-refractivity contribution in [2.45, 2.75) is 38.8 Å². The van der Waals surface area contributed by atoms with Gasteiger partial charge in [0.15, 0.2) is 0 Å². The zero-order chi connectivity index (χ0) is 13.9. The molecule has 4 nitrogen and oxygen atoms in total. The molecular formula is C15H22N2O2. The van der Waals surface area contributed by atoms with E-state index < -0.39 is 0 Å². The van der Waals surface area contributed by atoms with Gasteiger partial charge in [0.2, 0.25) is 0 Å². The number of cyclic esters (lactones) is 1. The molecule has 1 aromatic carbocycles. The number of aryl methyl sites for hydroxylation is 1. The molecule has 1 heterocycles. The summed E-state index contributed by atoms with van der Waals surface area (Å²) >= 11 is 0. The summed E-state index contributed by atoms with van der Waals surface area (Å²) in [6.45, 7) is 5.82. The third kappa shape index (κ3) is 3.07. The Morgan fingerprint density at radius 2 is 2.05 bits per heavy atom. The molecule has 0 radical (unpaired) electrons. The predicted octanol–water partition coefficient (Wildman–Crippen LogP) is 2.44. The quantitative estimate of drug-likeness (QED) is 0.886. The number of nitrogens with zero attached hydrogens (tertiary/aromatic N) is 1. The van der Waals surface area contributed by atoms with Crippen LogP contribution < -0.4 is 5.73 Å². The summed E-state index contributed by atoms with van der Waals surface area (Å²) in [4.78, 5) is 13.7. The second kappa shape index (κ2) is 5.61. The maximum absolute atomic E-state index is 11.9. The number of ether oxygens (including phenoxy) is 1. The van der Waals surface area contributed by atoms with E-state index in [1.807, 2.05) is 4.90 Å². The lowest BCUT2D eigenvalue weighted by atomic mass is 9.95. The summed E-state index contributed by atoms with van der Waals surface area (Å²) < 4.78 is 5.22. The second-order valence-electron chi connectivity index (χ2n) is 5.52. The first-order chi connectivity index (χ1) is 9.05. The van der Waals surface area contributed by atoms with Crippen LogP contribution in [0.25, 0.3) is 0 Å². The molecule has 1 saturated heterocycles. The topological polar surface area (TPSA) is 55.6 Å². The molecule has 1 amide bonds. The minimum absolute atomic E-state index is 0.222. The fourth-order valence-corrected chi connectivity index (χ4v) is 2.41. The summed E-state index contributed by atoms with van der Waals surface area (Å²) in [5.74, 6) is 0. The minimum atomic E-state index is -0.235. The highest BCUT2D eigenvalue weighted by Gasteiger charge is 2.42. The molecule has 0 aromatic heterocycles. The van der Waals surface area contributed by atoms with Crippen molar-refractivity contribution in [2.75, 3.05) is 13.2 Å². The standard InChI is InChI=1S/C15H22N2O2/c1-12-4-6-13(7-5-12)10-17-14(18)19-11-15(17,2)8-3-9-16/h4-7H,3,8-11,16H2,1-2H3. The van der Waals surface area contributed by atoms with E-state index in [0.717, 1.165) is 18.4 Å². The van der Waals surface area contributed by atoms with Crippen molar-refractivity contribution in [1.29, 1.82) is 0 Å². The van der Waals surface area contributed by atoms with Gasteiger partial charge in [-0.1, -0.05) is 29.8 Å². The SMILES string of the molecule is Cc1ccc(CN2C(=O)OCC2(C)CCCN)cc1. The van der Waals surface area contributed by atoms with Crippen LogP contribution in [-0.4, -0.2) is 29.7 Å². The summed E-state index contributed by atoms with van der Waals surface area (Å²) in [5, 5.41) is 0. The highest BCUT2D eigenvalue weighted by Crippen LogP contribution is 2.30. The van der Waals surface area contributed by atoms with Gasteiger partial charge in [-0.2, -0.15) is 0 Å². The smallest absolute Gasteiger partial charge is 0.410 e. The number of carbonyl (C=O) groups excluding carboxylic acids is 1. The molecule has 0 saturated carbocycles. The first-order valence-corrected chi connectivity index (χ1v) is 6.75. The lowest BCUT2D eigenvalue weighted by Gasteiger charge is -2.32. The Bertz CT molecular complexity index is 444. The molecule has 1 atom stereocenters. The van der Waals surface area contributed by atoms with Crippen LogP contribution in [0.1, 0.15) is 30.9 Å². The van der Waals surface area contributed by atoms with Crippen LogP contribution in [0.2, 0.25) is 0 Å². The zero-order valence-corrected chi connectivity index (χ0v) is 11.7. The fraction of sp³-hybridized carbons (Fsp3) is 0.533. The van der Waals surface area contributed by atoms with Gasteiger partial charge in [-0.05, 0) is 38.8 Å². The van der Waals surface area contributed by atoms with E-state index in [0.29, 0.717) is 19.7 Å². The summed E-state index contributed by atoms with van der Waals surface area (Å²) in [5.41, 5.74) is 7.68. The normalized spacial score (nSPS) is 22.7. The van der Waals surface area contributed by atoms with Crippen LogP contribution in [-0.2, 0) is 11.3 Å². The largest absolute Gasteiger partial charge is 0.447 e. The van der Waals surface area contributed by atoms with Gasteiger partial charge in [0.05, 0.1) is 5.54 Å². The van der Waals surface area contributed by atoms with E-state index in [1.165, 1.54) is 5.56 Å². The highest BCUT2D eigenvalue weighted by molar-refractivity contribution is 5.71. The Hall–Kier alpha value is -1.55. The number of benzene rings is 1. The number of hydrogen-bond donors (Lipinski definition) is 1. The number of amides is 1. The molecule has 19 heavy (non-hydrogen) atoms. The van der Waals surface area contributed by atoms with Crippen LogP contribution in [0.5, 0.6) is 0 Å². The maximum Gasteiger partial charge on any atom is 0.410 e. The van der Waals surface area contributed by atoms with Crippen LogP contribution in [0.15, 0.2) is 24.3 Å². The van der Waals surface area contributed by atoms with Crippen LogP contribution in [0.3, 0.4) is 0 Å². The van der Waals surface area contributed by atoms with Gasteiger partial charge in [0, 0.05) is 6.54 Å². The minimum Gasteiger partial charge on any atom is -0.447 e.